The molecule has 0 radical (unpaired) electrons. The summed E-state index contributed by atoms with van der Waals surface area (Å²) in [4.78, 5) is 5.45. The van der Waals surface area contributed by atoms with Crippen molar-refractivity contribution in [2.24, 2.45) is 0 Å². The first-order valence-corrected chi connectivity index (χ1v) is 23.0. The third-order valence-electron chi connectivity index (χ3n) is 11.3. The van der Waals surface area contributed by atoms with E-state index >= 15 is 0 Å². The third-order valence-corrected chi connectivity index (χ3v) is 11.3. The van der Waals surface area contributed by atoms with Gasteiger partial charge in [0.25, 0.3) is 0 Å². The van der Waals surface area contributed by atoms with Gasteiger partial charge in [0, 0.05) is 25.5 Å². The van der Waals surface area contributed by atoms with Crippen LogP contribution in [0.15, 0.2) is 12.4 Å². The van der Waals surface area contributed by atoms with Crippen molar-refractivity contribution in [2.45, 2.75) is 271 Å². The number of rotatable bonds is 40. The molecule has 286 valence electrons. The summed E-state index contributed by atoms with van der Waals surface area (Å²) in [6.07, 6.45) is 60.4. The van der Waals surface area contributed by atoms with Gasteiger partial charge in [0.15, 0.2) is 0 Å². The van der Waals surface area contributed by atoms with E-state index in [1.807, 2.05) is 0 Å². The number of hydrogen-bond acceptors (Lipinski definition) is 2. The first-order valence-electron chi connectivity index (χ1n) is 23.0. The minimum absolute atomic E-state index is 0.638. The minimum atomic E-state index is 0.638. The van der Waals surface area contributed by atoms with Crippen LogP contribution in [0.5, 0.6) is 0 Å². The van der Waals surface area contributed by atoms with Crippen LogP contribution in [0, 0.1) is 0 Å². The Labute approximate surface area is 305 Å². The van der Waals surface area contributed by atoms with E-state index in [-0.39, 0.29) is 0 Å². The Hall–Kier alpha value is -0.660. The molecule has 1 aliphatic heterocycles. The smallest absolute Gasteiger partial charge is 0.101 e. The topological polar surface area (TPSA) is 6.48 Å². The molecule has 0 amide bonds. The van der Waals surface area contributed by atoms with Crippen LogP contribution in [0.4, 0.5) is 0 Å². The molecule has 48 heavy (non-hydrogen) atoms. The molecule has 1 heterocycles. The average molecular weight is 673 g/mol. The van der Waals surface area contributed by atoms with Crippen LogP contribution >= 0.6 is 0 Å². The summed E-state index contributed by atoms with van der Waals surface area (Å²) in [5.41, 5.74) is 0. The fourth-order valence-electron chi connectivity index (χ4n) is 7.95. The Bertz CT molecular complexity index is 630. The van der Waals surface area contributed by atoms with Crippen LogP contribution in [0.1, 0.15) is 265 Å². The number of nitrogens with zero attached hydrogens (tertiary/aromatic N) is 2. The van der Waals surface area contributed by atoms with Gasteiger partial charge < -0.3 is 9.80 Å². The molecule has 2 nitrogen and oxygen atoms in total. The van der Waals surface area contributed by atoms with Gasteiger partial charge in [0.2, 0.25) is 0 Å². The van der Waals surface area contributed by atoms with Crippen molar-refractivity contribution in [3.63, 3.8) is 0 Å². The maximum atomic E-state index is 2.73. The molecule has 0 aromatic carbocycles. The van der Waals surface area contributed by atoms with Gasteiger partial charge in [0.1, 0.15) is 6.17 Å². The molecule has 1 rings (SSSR count). The lowest BCUT2D eigenvalue weighted by molar-refractivity contribution is 0.135. The van der Waals surface area contributed by atoms with Crippen molar-refractivity contribution < 1.29 is 0 Å². The first-order chi connectivity index (χ1) is 23.8. The van der Waals surface area contributed by atoms with Crippen molar-refractivity contribution in [2.75, 3.05) is 13.1 Å². The Morgan fingerprint density at radius 1 is 0.271 bits per heavy atom. The van der Waals surface area contributed by atoms with E-state index in [1.165, 1.54) is 257 Å². The van der Waals surface area contributed by atoms with Gasteiger partial charge in [-0.3, -0.25) is 0 Å². The van der Waals surface area contributed by atoms with Gasteiger partial charge in [-0.25, -0.2) is 0 Å². The Morgan fingerprint density at radius 2 is 0.479 bits per heavy atom. The lowest BCUT2D eigenvalue weighted by Gasteiger charge is -2.33. The van der Waals surface area contributed by atoms with E-state index in [0.717, 1.165) is 0 Å². The van der Waals surface area contributed by atoms with Crippen molar-refractivity contribution >= 4 is 0 Å². The van der Waals surface area contributed by atoms with Crippen LogP contribution in [0.2, 0.25) is 0 Å². The second-order valence-electron chi connectivity index (χ2n) is 16.1. The van der Waals surface area contributed by atoms with Crippen LogP contribution in [0.3, 0.4) is 0 Å². The van der Waals surface area contributed by atoms with Crippen molar-refractivity contribution in [1.82, 2.24) is 9.80 Å². The lowest BCUT2D eigenvalue weighted by atomic mass is 10.0. The van der Waals surface area contributed by atoms with Gasteiger partial charge in [-0.15, -0.1) is 0 Å². The molecule has 0 aromatic heterocycles. The minimum Gasteiger partial charge on any atom is -0.356 e. The summed E-state index contributed by atoms with van der Waals surface area (Å²) in [7, 11) is 0. The van der Waals surface area contributed by atoms with Crippen LogP contribution in [-0.4, -0.2) is 29.1 Å². The molecule has 1 unspecified atom stereocenters. The fraction of sp³-hybridized carbons (Fsp3) is 0.957. The Kier molecular flexibility index (Phi) is 35.5. The van der Waals surface area contributed by atoms with Crippen molar-refractivity contribution in [3.8, 4) is 0 Å². The fourth-order valence-corrected chi connectivity index (χ4v) is 7.95. The Morgan fingerprint density at radius 3 is 0.729 bits per heavy atom. The molecule has 0 bridgehead atoms. The maximum Gasteiger partial charge on any atom is 0.101 e. The summed E-state index contributed by atoms with van der Waals surface area (Å²) in [6.45, 7) is 9.49. The molecule has 0 saturated carbocycles. The van der Waals surface area contributed by atoms with E-state index in [9.17, 15) is 0 Å². The molecule has 2 heteroatoms. The highest BCUT2D eigenvalue weighted by Crippen LogP contribution is 2.24. The predicted octanol–water partition coefficient (Wildman–Crippen LogP) is 16.3. The highest BCUT2D eigenvalue weighted by Gasteiger charge is 2.24. The van der Waals surface area contributed by atoms with Crippen LogP contribution < -0.4 is 0 Å². The van der Waals surface area contributed by atoms with E-state index in [2.05, 4.69) is 43.0 Å². The molecule has 1 atom stereocenters. The summed E-state index contributed by atoms with van der Waals surface area (Å²) in [5, 5.41) is 0. The van der Waals surface area contributed by atoms with Crippen molar-refractivity contribution in [1.29, 1.82) is 0 Å². The number of hydrogen-bond donors (Lipinski definition) is 0. The molecular weight excluding hydrogens is 581 g/mol. The Balaban J connectivity index is 2.13. The molecule has 0 spiro atoms. The number of unbranched alkanes of at least 4 members (excludes halogenated alkanes) is 34. The zero-order valence-electron chi connectivity index (χ0n) is 33.9. The molecule has 0 N–H and O–H groups in total. The molecule has 0 fully saturated rings. The van der Waals surface area contributed by atoms with E-state index in [0.29, 0.717) is 6.17 Å². The highest BCUT2D eigenvalue weighted by molar-refractivity contribution is 4.97. The maximum absolute atomic E-state index is 2.73. The van der Waals surface area contributed by atoms with E-state index < -0.39 is 0 Å². The normalized spacial score (nSPS) is 14.6. The van der Waals surface area contributed by atoms with Gasteiger partial charge >= 0.3 is 0 Å². The quantitative estimate of drug-likeness (QED) is 0.0598. The largest absolute Gasteiger partial charge is 0.356 e. The van der Waals surface area contributed by atoms with E-state index in [4.69, 9.17) is 0 Å². The van der Waals surface area contributed by atoms with Crippen LogP contribution in [-0.2, 0) is 0 Å². The molecule has 1 aliphatic rings. The molecule has 0 aliphatic carbocycles. The predicted molar refractivity (Wildman–Crippen MR) is 219 cm³/mol. The third kappa shape index (κ3) is 29.1. The first kappa shape index (κ1) is 45.4. The highest BCUT2D eigenvalue weighted by atomic mass is 15.4. The monoisotopic (exact) mass is 673 g/mol. The second-order valence-corrected chi connectivity index (χ2v) is 16.1. The van der Waals surface area contributed by atoms with E-state index in [1.54, 1.807) is 0 Å². The standard InChI is InChI=1S/C46H92N2/c1-4-7-10-13-16-18-20-22-24-25-27-29-31-34-37-40-43-48-45-44-47(46(48)41-38-35-32-15-12-9-6-3)42-39-36-33-30-28-26-23-21-19-17-14-11-8-5-2/h44-46H,4-43H2,1-3H3. The van der Waals surface area contributed by atoms with Crippen LogP contribution in [0.25, 0.3) is 0 Å². The second kappa shape index (κ2) is 37.6. The average Bonchev–Trinajstić information content (AvgIpc) is 3.48. The van der Waals surface area contributed by atoms with Gasteiger partial charge in [0.05, 0.1) is 0 Å². The summed E-state index contributed by atoms with van der Waals surface area (Å²) < 4.78 is 0. The molecule has 0 saturated heterocycles. The molecule has 0 aromatic rings. The zero-order valence-corrected chi connectivity index (χ0v) is 33.9. The molecular formula is C46H92N2. The lowest BCUT2D eigenvalue weighted by Crippen LogP contribution is -2.39. The summed E-state index contributed by atoms with van der Waals surface area (Å²) in [6, 6.07) is 0. The SMILES string of the molecule is CCCCCCCCCCCCCCCCCCN1C=CN(CCCCCCCCCCCCCCCC)C1CCCCCCCCC. The van der Waals surface area contributed by atoms with Gasteiger partial charge in [-0.05, 0) is 25.7 Å². The van der Waals surface area contributed by atoms with Gasteiger partial charge in [-0.2, -0.15) is 0 Å². The van der Waals surface area contributed by atoms with Crippen molar-refractivity contribution in [3.05, 3.63) is 12.4 Å². The van der Waals surface area contributed by atoms with Gasteiger partial charge in [-0.1, -0.05) is 239 Å². The zero-order chi connectivity index (χ0) is 34.4. The summed E-state index contributed by atoms with van der Waals surface area (Å²) in [5.74, 6) is 0. The summed E-state index contributed by atoms with van der Waals surface area (Å²) >= 11 is 0.